The van der Waals surface area contributed by atoms with Gasteiger partial charge < -0.3 is 0 Å². The molecular formula is C34H33P. The molecule has 2 aliphatic carbocycles. The molecule has 0 radical (unpaired) electrons. The predicted molar refractivity (Wildman–Crippen MR) is 154 cm³/mol. The minimum Gasteiger partial charge on any atom is -0.0984 e. The summed E-state index contributed by atoms with van der Waals surface area (Å²) in [6, 6.07) is 32.1. The van der Waals surface area contributed by atoms with E-state index in [2.05, 4.69) is 97.6 Å². The van der Waals surface area contributed by atoms with Gasteiger partial charge in [-0.3, -0.25) is 0 Å². The molecule has 0 nitrogen and oxygen atoms in total. The van der Waals surface area contributed by atoms with E-state index in [1.54, 1.807) is 22.3 Å². The van der Waals surface area contributed by atoms with Crippen LogP contribution >= 0.6 is 7.92 Å². The second-order valence-electron chi connectivity index (χ2n) is 9.89. The molecule has 0 spiro atoms. The van der Waals surface area contributed by atoms with Crippen molar-refractivity contribution in [2.24, 2.45) is 0 Å². The lowest BCUT2D eigenvalue weighted by Gasteiger charge is -2.31. The van der Waals surface area contributed by atoms with Gasteiger partial charge in [0.1, 0.15) is 0 Å². The zero-order valence-corrected chi connectivity index (χ0v) is 21.4. The summed E-state index contributed by atoms with van der Waals surface area (Å²) in [4.78, 5) is 0. The van der Waals surface area contributed by atoms with Crippen LogP contribution < -0.4 is 15.9 Å². The molecule has 4 aromatic rings. The zero-order valence-electron chi connectivity index (χ0n) is 20.5. The predicted octanol–water partition coefficient (Wildman–Crippen LogP) is 7.51. The molecule has 0 saturated heterocycles. The van der Waals surface area contributed by atoms with E-state index in [1.807, 2.05) is 0 Å². The van der Waals surface area contributed by atoms with E-state index in [0.29, 0.717) is 0 Å². The number of hydrogen-bond donors (Lipinski definition) is 0. The monoisotopic (exact) mass is 472 g/mol. The minimum atomic E-state index is -0.671. The second kappa shape index (κ2) is 9.96. The van der Waals surface area contributed by atoms with E-state index in [-0.39, 0.29) is 0 Å². The lowest BCUT2D eigenvalue weighted by molar-refractivity contribution is 0.682. The summed E-state index contributed by atoms with van der Waals surface area (Å²) < 4.78 is 0. The SMILES string of the molecule is C=Cc1ccc2c(c1-c1c(P(c3ccccc3)c3ccccc3)ccc3c1CCCC3)CCCC2. The van der Waals surface area contributed by atoms with Crippen LogP contribution in [0.1, 0.15) is 53.5 Å². The van der Waals surface area contributed by atoms with Gasteiger partial charge in [0.2, 0.25) is 0 Å². The Bertz CT molecular complexity index is 1310. The van der Waals surface area contributed by atoms with Gasteiger partial charge in [0.15, 0.2) is 0 Å². The largest absolute Gasteiger partial charge is 0.0984 e. The molecule has 1 heteroatoms. The molecule has 0 atom stereocenters. The Balaban J connectivity index is 1.70. The van der Waals surface area contributed by atoms with Gasteiger partial charge in [-0.1, -0.05) is 97.6 Å². The van der Waals surface area contributed by atoms with Crippen LogP contribution in [0.3, 0.4) is 0 Å². The van der Waals surface area contributed by atoms with Crippen molar-refractivity contribution in [2.75, 3.05) is 0 Å². The first kappa shape index (κ1) is 22.5. The molecule has 6 rings (SSSR count). The molecule has 0 N–H and O–H groups in total. The summed E-state index contributed by atoms with van der Waals surface area (Å²) in [6.45, 7) is 4.27. The van der Waals surface area contributed by atoms with Crippen LogP contribution in [0.25, 0.3) is 17.2 Å². The number of benzene rings is 4. The minimum absolute atomic E-state index is 0.671. The van der Waals surface area contributed by atoms with Crippen molar-refractivity contribution in [3.63, 3.8) is 0 Å². The second-order valence-corrected chi connectivity index (χ2v) is 12.1. The maximum Gasteiger partial charge on any atom is -0.00566 e. The van der Waals surface area contributed by atoms with Gasteiger partial charge in [-0.05, 0) is 114 Å². The molecule has 0 aromatic heterocycles. The van der Waals surface area contributed by atoms with E-state index in [4.69, 9.17) is 0 Å². The van der Waals surface area contributed by atoms with Crippen LogP contribution in [0.15, 0.2) is 91.5 Å². The zero-order chi connectivity index (χ0) is 23.6. The summed E-state index contributed by atoms with van der Waals surface area (Å²) in [7, 11) is -0.671. The molecule has 4 aromatic carbocycles. The first-order valence-corrected chi connectivity index (χ1v) is 14.5. The fourth-order valence-electron chi connectivity index (χ4n) is 6.17. The molecule has 0 fully saturated rings. The van der Waals surface area contributed by atoms with Crippen molar-refractivity contribution in [1.82, 2.24) is 0 Å². The number of aryl methyl sites for hydroxylation is 2. The molecule has 2 aliphatic rings. The van der Waals surface area contributed by atoms with E-state index >= 15 is 0 Å². The van der Waals surface area contributed by atoms with Gasteiger partial charge in [0.05, 0.1) is 0 Å². The molecular weight excluding hydrogens is 439 g/mol. The van der Waals surface area contributed by atoms with Gasteiger partial charge >= 0.3 is 0 Å². The van der Waals surface area contributed by atoms with Gasteiger partial charge in [-0.15, -0.1) is 0 Å². The molecule has 0 amide bonds. The highest BCUT2D eigenvalue weighted by Crippen LogP contribution is 2.44. The van der Waals surface area contributed by atoms with Gasteiger partial charge in [0.25, 0.3) is 0 Å². The third-order valence-corrected chi connectivity index (χ3v) is 10.3. The Morgan fingerprint density at radius 3 is 1.63 bits per heavy atom. The number of rotatable bonds is 5. The first-order valence-electron chi connectivity index (χ1n) is 13.2. The highest BCUT2D eigenvalue weighted by molar-refractivity contribution is 7.80. The van der Waals surface area contributed by atoms with E-state index in [0.717, 1.165) is 0 Å². The van der Waals surface area contributed by atoms with Crippen LogP contribution in [-0.2, 0) is 25.7 Å². The van der Waals surface area contributed by atoms with Crippen LogP contribution in [0, 0.1) is 0 Å². The molecule has 0 unspecified atom stereocenters. The average molecular weight is 473 g/mol. The summed E-state index contributed by atoms with van der Waals surface area (Å²) in [5.74, 6) is 0. The molecule has 0 heterocycles. The number of hydrogen-bond acceptors (Lipinski definition) is 0. The third kappa shape index (κ3) is 4.19. The third-order valence-electron chi connectivity index (χ3n) is 7.82. The van der Waals surface area contributed by atoms with Gasteiger partial charge in [-0.25, -0.2) is 0 Å². The Morgan fingerprint density at radius 2 is 1.06 bits per heavy atom. The quantitative estimate of drug-likeness (QED) is 0.264. The Kier molecular flexibility index (Phi) is 6.41. The van der Waals surface area contributed by atoms with Crippen LogP contribution in [0.4, 0.5) is 0 Å². The maximum absolute atomic E-state index is 4.27. The first-order chi connectivity index (χ1) is 17.3. The van der Waals surface area contributed by atoms with E-state index < -0.39 is 7.92 Å². The van der Waals surface area contributed by atoms with Gasteiger partial charge in [-0.2, -0.15) is 0 Å². The lowest BCUT2D eigenvalue weighted by atomic mass is 9.79. The molecule has 35 heavy (non-hydrogen) atoms. The van der Waals surface area contributed by atoms with Crippen LogP contribution in [0.5, 0.6) is 0 Å². The van der Waals surface area contributed by atoms with Crippen molar-refractivity contribution in [3.8, 4) is 11.1 Å². The fraction of sp³-hybridized carbons (Fsp3) is 0.235. The summed E-state index contributed by atoms with van der Waals surface area (Å²) in [6.07, 6.45) is 12.1. The van der Waals surface area contributed by atoms with Crippen molar-refractivity contribution >= 4 is 29.9 Å². The highest BCUT2D eigenvalue weighted by Gasteiger charge is 2.28. The maximum atomic E-state index is 4.27. The standard InChI is InChI=1S/C34H33P/c1-2-25-21-22-26-13-9-11-19-30(26)33(25)34-31-20-12-10-14-27(31)23-24-32(34)35(28-15-5-3-6-16-28)29-17-7-4-8-18-29/h2-8,15-18,21-24H,1,9-14,19-20H2. The lowest BCUT2D eigenvalue weighted by Crippen LogP contribution is -2.25. The van der Waals surface area contributed by atoms with E-state index in [1.165, 1.54) is 84.0 Å². The topological polar surface area (TPSA) is 0 Å². The summed E-state index contributed by atoms with van der Waals surface area (Å²) in [5, 5.41) is 4.37. The Labute approximate surface area is 211 Å². The molecule has 0 aliphatic heterocycles. The summed E-state index contributed by atoms with van der Waals surface area (Å²) >= 11 is 0. The average Bonchev–Trinajstić information content (AvgIpc) is 2.94. The fourth-order valence-corrected chi connectivity index (χ4v) is 8.66. The van der Waals surface area contributed by atoms with Crippen molar-refractivity contribution in [2.45, 2.75) is 51.4 Å². The Morgan fingerprint density at radius 1 is 0.543 bits per heavy atom. The smallest absolute Gasteiger partial charge is 0.00566 e. The summed E-state index contributed by atoms with van der Waals surface area (Å²) in [5.41, 5.74) is 10.6. The molecule has 174 valence electrons. The highest BCUT2D eigenvalue weighted by atomic mass is 31.1. The van der Waals surface area contributed by atoms with Crippen molar-refractivity contribution in [1.29, 1.82) is 0 Å². The number of fused-ring (bicyclic) bond motifs is 2. The van der Waals surface area contributed by atoms with Crippen molar-refractivity contribution < 1.29 is 0 Å². The van der Waals surface area contributed by atoms with Gasteiger partial charge in [0, 0.05) is 0 Å². The van der Waals surface area contributed by atoms with Crippen LogP contribution in [0.2, 0.25) is 0 Å². The van der Waals surface area contributed by atoms with Crippen molar-refractivity contribution in [3.05, 3.63) is 119 Å². The molecule has 0 saturated carbocycles. The Hall–Kier alpha value is -2.95. The van der Waals surface area contributed by atoms with E-state index in [9.17, 15) is 0 Å². The normalized spacial score (nSPS) is 14.9. The van der Waals surface area contributed by atoms with Crippen LogP contribution in [-0.4, -0.2) is 0 Å². The molecule has 0 bridgehead atoms.